The maximum Gasteiger partial charge on any atom is 0.317 e. The van der Waals surface area contributed by atoms with Gasteiger partial charge in [-0.05, 0) is 12.0 Å². The molecule has 0 radical (unpaired) electrons. The van der Waals surface area contributed by atoms with Crippen molar-refractivity contribution in [2.24, 2.45) is 7.05 Å². The Morgan fingerprint density at radius 1 is 1.33 bits per heavy atom. The summed E-state index contributed by atoms with van der Waals surface area (Å²) in [6, 6.07) is -0.0890. The molecule has 1 aromatic heterocycles. The number of piperazine rings is 1. The van der Waals surface area contributed by atoms with Crippen molar-refractivity contribution in [3.8, 4) is 0 Å². The van der Waals surface area contributed by atoms with Gasteiger partial charge in [0.25, 0.3) is 0 Å². The van der Waals surface area contributed by atoms with E-state index in [1.165, 1.54) is 0 Å². The molecular weight excluding hydrogens is 274 g/mol. The number of carboxylic acids is 1. The van der Waals surface area contributed by atoms with E-state index in [0.717, 1.165) is 12.0 Å². The number of nitrogens with one attached hydrogen (secondary N) is 1. The number of amides is 2. The predicted octanol–water partition coefficient (Wildman–Crippen LogP) is -0.626. The minimum absolute atomic E-state index is 0.0382. The number of carboxylic acid groups (broad SMARTS) is 1. The van der Waals surface area contributed by atoms with Crippen molar-refractivity contribution in [3.05, 3.63) is 18.0 Å². The van der Waals surface area contributed by atoms with Crippen molar-refractivity contribution < 1.29 is 14.7 Å². The summed E-state index contributed by atoms with van der Waals surface area (Å²) >= 11 is 0. The van der Waals surface area contributed by atoms with Crippen molar-refractivity contribution in [1.82, 2.24) is 24.9 Å². The number of carbonyl (C=O) groups excluding carboxylic acids is 1. The molecule has 0 aromatic carbocycles. The third-order valence-corrected chi connectivity index (χ3v) is 3.47. The molecule has 2 N–H and O–H groups in total. The molecule has 2 heterocycles. The standard InChI is InChI=1S/C13H21N5O3/c1-16-9-11(8-15-16)2-3-14-13(21)18-6-4-17(5-7-18)10-12(19)20/h8-9H,2-7,10H2,1H3,(H,14,21)(H,19,20). The van der Waals surface area contributed by atoms with Gasteiger partial charge < -0.3 is 15.3 Å². The van der Waals surface area contributed by atoms with Gasteiger partial charge in [-0.3, -0.25) is 14.4 Å². The van der Waals surface area contributed by atoms with Crippen LogP contribution in [0.3, 0.4) is 0 Å². The smallest absolute Gasteiger partial charge is 0.317 e. The first kappa shape index (κ1) is 15.3. The molecule has 2 amide bonds. The van der Waals surface area contributed by atoms with Gasteiger partial charge >= 0.3 is 12.0 Å². The van der Waals surface area contributed by atoms with Crippen LogP contribution in [0.1, 0.15) is 5.56 Å². The number of aromatic nitrogens is 2. The minimum atomic E-state index is -0.829. The second-order valence-electron chi connectivity index (χ2n) is 5.16. The number of aryl methyl sites for hydroxylation is 1. The Morgan fingerprint density at radius 2 is 2.05 bits per heavy atom. The predicted molar refractivity (Wildman–Crippen MR) is 76.0 cm³/mol. The van der Waals surface area contributed by atoms with E-state index >= 15 is 0 Å². The number of urea groups is 1. The third kappa shape index (κ3) is 4.75. The van der Waals surface area contributed by atoms with Crippen molar-refractivity contribution in [3.63, 3.8) is 0 Å². The lowest BCUT2D eigenvalue weighted by molar-refractivity contribution is -0.138. The maximum atomic E-state index is 12.0. The van der Waals surface area contributed by atoms with Crippen molar-refractivity contribution in [2.75, 3.05) is 39.3 Å². The van der Waals surface area contributed by atoms with Crippen LogP contribution in [0.15, 0.2) is 12.4 Å². The molecule has 116 valence electrons. The Kier molecular flexibility index (Phi) is 5.15. The molecule has 21 heavy (non-hydrogen) atoms. The molecule has 8 nitrogen and oxygen atoms in total. The van der Waals surface area contributed by atoms with Crippen LogP contribution in [0, 0.1) is 0 Å². The van der Waals surface area contributed by atoms with Gasteiger partial charge in [-0.2, -0.15) is 5.10 Å². The van der Waals surface area contributed by atoms with Gasteiger partial charge in [-0.15, -0.1) is 0 Å². The van der Waals surface area contributed by atoms with E-state index in [1.807, 2.05) is 18.1 Å². The summed E-state index contributed by atoms with van der Waals surface area (Å²) in [7, 11) is 1.86. The molecule has 1 aliphatic rings. The second kappa shape index (κ2) is 7.07. The van der Waals surface area contributed by atoms with Crippen LogP contribution in [0.25, 0.3) is 0 Å². The number of hydrogen-bond acceptors (Lipinski definition) is 4. The number of aliphatic carboxylic acids is 1. The monoisotopic (exact) mass is 295 g/mol. The summed E-state index contributed by atoms with van der Waals surface area (Å²) in [5, 5.41) is 15.7. The van der Waals surface area contributed by atoms with E-state index in [9.17, 15) is 9.59 Å². The van der Waals surface area contributed by atoms with Gasteiger partial charge in [0, 0.05) is 46.0 Å². The van der Waals surface area contributed by atoms with Gasteiger partial charge in [-0.25, -0.2) is 4.79 Å². The molecule has 0 aliphatic carbocycles. The number of carbonyl (C=O) groups is 2. The van der Waals surface area contributed by atoms with Crippen molar-refractivity contribution >= 4 is 12.0 Å². The molecule has 0 bridgehead atoms. The van der Waals surface area contributed by atoms with Gasteiger partial charge in [0.05, 0.1) is 12.7 Å². The highest BCUT2D eigenvalue weighted by Crippen LogP contribution is 2.02. The first-order valence-electron chi connectivity index (χ1n) is 6.99. The Hall–Kier alpha value is -2.09. The Balaban J connectivity index is 1.66. The largest absolute Gasteiger partial charge is 0.480 e. The summed E-state index contributed by atoms with van der Waals surface area (Å²) < 4.78 is 1.73. The van der Waals surface area contributed by atoms with Gasteiger partial charge in [-0.1, -0.05) is 0 Å². The summed E-state index contributed by atoms with van der Waals surface area (Å²) in [5.74, 6) is -0.829. The summed E-state index contributed by atoms with van der Waals surface area (Å²) in [5.41, 5.74) is 1.09. The van der Waals surface area contributed by atoms with Crippen LogP contribution in [0.5, 0.6) is 0 Å². The molecule has 0 unspecified atom stereocenters. The maximum absolute atomic E-state index is 12.0. The molecule has 0 atom stereocenters. The molecule has 2 rings (SSSR count). The summed E-state index contributed by atoms with van der Waals surface area (Å²) in [4.78, 5) is 26.2. The van der Waals surface area contributed by atoms with Crippen LogP contribution in [-0.4, -0.2) is 76.0 Å². The fraction of sp³-hybridized carbons (Fsp3) is 0.615. The van der Waals surface area contributed by atoms with E-state index in [-0.39, 0.29) is 12.6 Å². The fourth-order valence-electron chi connectivity index (χ4n) is 2.33. The molecule has 1 aromatic rings. The van der Waals surface area contributed by atoms with E-state index in [2.05, 4.69) is 10.4 Å². The Morgan fingerprint density at radius 3 is 2.62 bits per heavy atom. The van der Waals surface area contributed by atoms with Gasteiger partial charge in [0.2, 0.25) is 0 Å². The number of nitrogens with zero attached hydrogens (tertiary/aromatic N) is 4. The van der Waals surface area contributed by atoms with Crippen LogP contribution < -0.4 is 5.32 Å². The molecule has 0 spiro atoms. The molecule has 0 saturated carbocycles. The average molecular weight is 295 g/mol. The zero-order valence-corrected chi connectivity index (χ0v) is 12.2. The second-order valence-corrected chi connectivity index (χ2v) is 5.16. The first-order valence-corrected chi connectivity index (χ1v) is 6.99. The van der Waals surface area contributed by atoms with E-state index in [0.29, 0.717) is 32.7 Å². The first-order chi connectivity index (χ1) is 10.0. The summed E-state index contributed by atoms with van der Waals surface area (Å²) in [6.45, 7) is 2.93. The van der Waals surface area contributed by atoms with Gasteiger partial charge in [0.15, 0.2) is 0 Å². The zero-order valence-electron chi connectivity index (χ0n) is 12.2. The Labute approximate surface area is 123 Å². The van der Waals surface area contributed by atoms with Gasteiger partial charge in [0.1, 0.15) is 0 Å². The number of rotatable bonds is 5. The van der Waals surface area contributed by atoms with E-state index < -0.39 is 5.97 Å². The van der Waals surface area contributed by atoms with Crippen LogP contribution >= 0.6 is 0 Å². The lowest BCUT2D eigenvalue weighted by atomic mass is 10.2. The molecule has 8 heteroatoms. The lowest BCUT2D eigenvalue weighted by Gasteiger charge is -2.33. The molecule has 1 fully saturated rings. The van der Waals surface area contributed by atoms with Crippen LogP contribution in [0.4, 0.5) is 4.79 Å². The third-order valence-electron chi connectivity index (χ3n) is 3.47. The SMILES string of the molecule is Cn1cc(CCNC(=O)N2CCN(CC(=O)O)CC2)cn1. The van der Waals surface area contributed by atoms with Crippen molar-refractivity contribution in [2.45, 2.75) is 6.42 Å². The Bertz CT molecular complexity index is 494. The van der Waals surface area contributed by atoms with Crippen molar-refractivity contribution in [1.29, 1.82) is 0 Å². The lowest BCUT2D eigenvalue weighted by Crippen LogP contribution is -2.52. The van der Waals surface area contributed by atoms with E-state index in [4.69, 9.17) is 5.11 Å². The van der Waals surface area contributed by atoms with Crippen LogP contribution in [-0.2, 0) is 18.3 Å². The normalized spacial score (nSPS) is 16.0. The topological polar surface area (TPSA) is 90.7 Å². The number of hydrogen-bond donors (Lipinski definition) is 2. The highest BCUT2D eigenvalue weighted by Gasteiger charge is 2.21. The summed E-state index contributed by atoms with van der Waals surface area (Å²) in [6.07, 6.45) is 4.46. The molecule has 1 aliphatic heterocycles. The highest BCUT2D eigenvalue weighted by atomic mass is 16.4. The van der Waals surface area contributed by atoms with Crippen LogP contribution in [0.2, 0.25) is 0 Å². The minimum Gasteiger partial charge on any atom is -0.480 e. The fourth-order valence-corrected chi connectivity index (χ4v) is 2.33. The molecular formula is C13H21N5O3. The highest BCUT2D eigenvalue weighted by molar-refractivity contribution is 5.74. The zero-order chi connectivity index (χ0) is 15.2. The average Bonchev–Trinajstić information content (AvgIpc) is 2.84. The molecule has 1 saturated heterocycles. The van der Waals surface area contributed by atoms with E-state index in [1.54, 1.807) is 15.8 Å². The quantitative estimate of drug-likeness (QED) is 0.755.